The number of fused-ring (bicyclic) bond motifs is 1. The third kappa shape index (κ3) is 5.34. The summed E-state index contributed by atoms with van der Waals surface area (Å²) in [6.45, 7) is 12.0. The normalized spacial score (nSPS) is 19.2. The van der Waals surface area contributed by atoms with Crippen LogP contribution < -0.4 is 5.32 Å². The number of hydrogen-bond acceptors (Lipinski definition) is 6. The Morgan fingerprint density at radius 3 is 2.49 bits per heavy atom. The van der Waals surface area contributed by atoms with E-state index >= 15 is 0 Å². The van der Waals surface area contributed by atoms with Crippen molar-refractivity contribution in [1.82, 2.24) is 24.5 Å². The maximum atomic E-state index is 11.9. The first-order valence-corrected chi connectivity index (χ1v) is 13.9. The van der Waals surface area contributed by atoms with Crippen LogP contribution in [-0.2, 0) is 6.54 Å². The van der Waals surface area contributed by atoms with Gasteiger partial charge < -0.3 is 15.0 Å². The lowest BCUT2D eigenvalue weighted by molar-refractivity contribution is 0.0684. The van der Waals surface area contributed by atoms with Gasteiger partial charge in [0.1, 0.15) is 11.2 Å². The lowest BCUT2D eigenvalue weighted by Gasteiger charge is -2.35. The number of imidazole rings is 1. The van der Waals surface area contributed by atoms with E-state index in [9.17, 15) is 9.90 Å². The minimum atomic E-state index is -1.15. The summed E-state index contributed by atoms with van der Waals surface area (Å²) >= 11 is 0. The van der Waals surface area contributed by atoms with Crippen LogP contribution in [0.25, 0.3) is 22.7 Å². The van der Waals surface area contributed by atoms with Crippen LogP contribution in [0, 0.1) is 17.3 Å². The van der Waals surface area contributed by atoms with Gasteiger partial charge in [0.15, 0.2) is 17.3 Å². The number of nitrogens with one attached hydrogen (secondary N) is 1. The van der Waals surface area contributed by atoms with E-state index in [1.165, 1.54) is 37.7 Å². The van der Waals surface area contributed by atoms with Crippen LogP contribution in [0.5, 0.6) is 0 Å². The molecule has 8 nitrogen and oxygen atoms in total. The molecule has 2 aliphatic rings. The van der Waals surface area contributed by atoms with Crippen molar-refractivity contribution in [3.05, 3.63) is 29.7 Å². The number of pyridine rings is 1. The second kappa shape index (κ2) is 10.0. The molecule has 2 fully saturated rings. The molecule has 0 aliphatic heterocycles. The Labute approximate surface area is 219 Å². The second-order valence-electron chi connectivity index (χ2n) is 12.3. The van der Waals surface area contributed by atoms with E-state index in [0.29, 0.717) is 34.6 Å². The highest BCUT2D eigenvalue weighted by Gasteiger charge is 2.31. The molecule has 8 heteroatoms. The number of carboxylic acid groups (broad SMARTS) is 1. The van der Waals surface area contributed by atoms with E-state index in [1.807, 2.05) is 12.3 Å². The van der Waals surface area contributed by atoms with Crippen molar-refractivity contribution in [1.29, 1.82) is 0 Å². The molecule has 0 amide bonds. The van der Waals surface area contributed by atoms with Crippen molar-refractivity contribution in [2.24, 2.45) is 17.3 Å². The highest BCUT2D eigenvalue weighted by atomic mass is 16.4. The molecule has 3 aromatic rings. The molecule has 0 saturated heterocycles. The van der Waals surface area contributed by atoms with Crippen LogP contribution in [-0.4, -0.2) is 41.6 Å². The third-order valence-corrected chi connectivity index (χ3v) is 8.59. The zero-order valence-electron chi connectivity index (χ0n) is 22.8. The Morgan fingerprint density at radius 2 is 1.86 bits per heavy atom. The topological polar surface area (TPSA) is 106 Å². The van der Waals surface area contributed by atoms with Crippen molar-refractivity contribution in [2.75, 3.05) is 5.32 Å². The predicted molar refractivity (Wildman–Crippen MR) is 146 cm³/mol. The average Bonchev–Trinajstić information content (AvgIpc) is 3.17. The fourth-order valence-corrected chi connectivity index (χ4v) is 5.71. The summed E-state index contributed by atoms with van der Waals surface area (Å²) in [6.07, 6.45) is 10.2. The summed E-state index contributed by atoms with van der Waals surface area (Å²) in [5, 5.41) is 13.3. The van der Waals surface area contributed by atoms with Gasteiger partial charge in [-0.15, -0.1) is 0 Å². The van der Waals surface area contributed by atoms with Gasteiger partial charge in [-0.1, -0.05) is 34.1 Å². The molecule has 3 heterocycles. The van der Waals surface area contributed by atoms with Crippen LogP contribution in [0.4, 0.5) is 5.82 Å². The van der Waals surface area contributed by atoms with Crippen LogP contribution in [0.3, 0.4) is 0 Å². The predicted octanol–water partition coefficient (Wildman–Crippen LogP) is 6.53. The van der Waals surface area contributed by atoms with E-state index in [-0.39, 0.29) is 11.9 Å². The van der Waals surface area contributed by atoms with Gasteiger partial charge in [0, 0.05) is 18.8 Å². The molecule has 2 aliphatic carbocycles. The molecule has 3 aromatic heterocycles. The fourth-order valence-electron chi connectivity index (χ4n) is 5.71. The molecule has 2 saturated carbocycles. The molecule has 5 rings (SSSR count). The van der Waals surface area contributed by atoms with Crippen molar-refractivity contribution in [3.8, 4) is 11.5 Å². The zero-order valence-corrected chi connectivity index (χ0v) is 22.8. The van der Waals surface area contributed by atoms with Gasteiger partial charge in [-0.2, -0.15) is 0 Å². The van der Waals surface area contributed by atoms with Gasteiger partial charge in [-0.3, -0.25) is 4.98 Å². The first-order valence-electron chi connectivity index (χ1n) is 13.9. The van der Waals surface area contributed by atoms with Crippen molar-refractivity contribution < 1.29 is 9.90 Å². The average molecular weight is 505 g/mol. The largest absolute Gasteiger partial charge is 0.475 e. The zero-order chi connectivity index (χ0) is 26.3. The molecule has 0 spiro atoms. The van der Waals surface area contributed by atoms with Crippen LogP contribution in [0.1, 0.15) is 102 Å². The van der Waals surface area contributed by atoms with Crippen LogP contribution in [0.15, 0.2) is 18.3 Å². The second-order valence-corrected chi connectivity index (χ2v) is 12.3. The summed E-state index contributed by atoms with van der Waals surface area (Å²) in [5.41, 5.74) is 3.56. The van der Waals surface area contributed by atoms with Gasteiger partial charge in [-0.05, 0) is 86.3 Å². The Hall–Kier alpha value is -3.03. The first kappa shape index (κ1) is 25.6. The maximum Gasteiger partial charge on any atom is 0.374 e. The number of aromatic nitrogens is 5. The molecule has 0 bridgehead atoms. The molecular weight excluding hydrogens is 464 g/mol. The molecule has 198 valence electrons. The molecule has 1 atom stereocenters. The highest BCUT2D eigenvalue weighted by molar-refractivity contribution is 5.92. The Kier molecular flexibility index (Phi) is 6.94. The molecular formula is C29H40N6O2. The van der Waals surface area contributed by atoms with Crippen LogP contribution in [0.2, 0.25) is 0 Å². The number of anilines is 1. The van der Waals surface area contributed by atoms with Gasteiger partial charge in [0.25, 0.3) is 0 Å². The van der Waals surface area contributed by atoms with Crippen LogP contribution >= 0.6 is 0 Å². The summed E-state index contributed by atoms with van der Waals surface area (Å²) in [4.78, 5) is 30.5. The molecule has 37 heavy (non-hydrogen) atoms. The van der Waals surface area contributed by atoms with E-state index in [0.717, 1.165) is 36.4 Å². The van der Waals surface area contributed by atoms with Crippen molar-refractivity contribution >= 4 is 23.0 Å². The number of hydrogen-bond donors (Lipinski definition) is 2. The summed E-state index contributed by atoms with van der Waals surface area (Å²) < 4.78 is 2.21. The minimum absolute atomic E-state index is 0.193. The monoisotopic (exact) mass is 504 g/mol. The van der Waals surface area contributed by atoms with Gasteiger partial charge in [-0.25, -0.2) is 19.7 Å². The molecule has 0 aromatic carbocycles. The van der Waals surface area contributed by atoms with E-state index in [1.54, 1.807) is 0 Å². The quantitative estimate of drug-likeness (QED) is 0.359. The summed E-state index contributed by atoms with van der Waals surface area (Å²) in [7, 11) is 0. The Bertz CT molecular complexity index is 1280. The number of aromatic carboxylic acids is 1. The highest BCUT2D eigenvalue weighted by Crippen LogP contribution is 2.40. The van der Waals surface area contributed by atoms with E-state index < -0.39 is 5.97 Å². The van der Waals surface area contributed by atoms with Crippen molar-refractivity contribution in [3.63, 3.8) is 0 Å². The van der Waals surface area contributed by atoms with Gasteiger partial charge in [0.05, 0.1) is 0 Å². The fraction of sp³-hybridized carbons (Fsp3) is 0.621. The van der Waals surface area contributed by atoms with E-state index in [2.05, 4.69) is 60.5 Å². The summed E-state index contributed by atoms with van der Waals surface area (Å²) in [5.74, 6) is 1.36. The lowest BCUT2D eigenvalue weighted by atomic mass is 9.73. The Balaban J connectivity index is 1.64. The number of nitrogens with zero attached hydrogens (tertiary/aromatic N) is 5. The number of rotatable bonds is 8. The van der Waals surface area contributed by atoms with E-state index in [4.69, 9.17) is 9.97 Å². The first-order chi connectivity index (χ1) is 17.6. The molecule has 2 N–H and O–H groups in total. The lowest BCUT2D eigenvalue weighted by Crippen LogP contribution is -2.31. The molecule has 0 radical (unpaired) electrons. The summed E-state index contributed by atoms with van der Waals surface area (Å²) in [6, 6.07) is 4.33. The maximum absolute atomic E-state index is 11.9. The third-order valence-electron chi connectivity index (χ3n) is 8.59. The van der Waals surface area contributed by atoms with Gasteiger partial charge in [0.2, 0.25) is 5.82 Å². The standard InChI is InChI=1S/C29H40N6O2/c1-17(2)21-11-14-30-22(15-21)27-34-25-23(35(27)16-19-9-12-29(4,5)13-10-19)24(32-26(33-25)28(36)37)31-18(3)20-7-6-8-20/h11,14-15,17-20H,6-10,12-13,16H2,1-5H3,(H,36,37)(H,31,32,33). The van der Waals surface area contributed by atoms with Crippen molar-refractivity contribution in [2.45, 2.75) is 98.1 Å². The smallest absolute Gasteiger partial charge is 0.374 e. The SMILES string of the molecule is CC(C)c1ccnc(-c2nc3nc(C(=O)O)nc(NC(C)C4CCC4)c3n2CC2CCC(C)(C)CC2)c1. The Morgan fingerprint density at radius 1 is 1.14 bits per heavy atom. The van der Waals surface area contributed by atoms with Gasteiger partial charge >= 0.3 is 5.97 Å². The number of carbonyl (C=O) groups is 1. The number of carboxylic acids is 1. The minimum Gasteiger partial charge on any atom is -0.475 e. The molecule has 1 unspecified atom stereocenters.